The van der Waals surface area contributed by atoms with Gasteiger partial charge < -0.3 is 9.87 Å². The van der Waals surface area contributed by atoms with E-state index in [2.05, 4.69) is 5.32 Å². The fraction of sp³-hybridized carbons (Fsp3) is 0.588. The van der Waals surface area contributed by atoms with E-state index in [0.717, 1.165) is 22.5 Å². The molecule has 4 heteroatoms. The lowest BCUT2D eigenvalue weighted by Gasteiger charge is -2.12. The fourth-order valence-corrected chi connectivity index (χ4v) is 1.63. The molecule has 0 fully saturated rings. The molecule has 0 saturated heterocycles. The fourth-order valence-electron chi connectivity index (χ4n) is 1.37. The van der Waals surface area contributed by atoms with Crippen LogP contribution in [0.15, 0.2) is 29.2 Å². The van der Waals surface area contributed by atoms with Crippen LogP contribution in [0.1, 0.15) is 54.0 Å². The molecule has 0 heterocycles. The summed E-state index contributed by atoms with van der Waals surface area (Å²) in [6.07, 6.45) is 0.683. The predicted octanol–water partition coefficient (Wildman–Crippen LogP) is 5.05. The zero-order chi connectivity index (χ0) is 17.3. The summed E-state index contributed by atoms with van der Waals surface area (Å²) in [7, 11) is 1.78. The van der Waals surface area contributed by atoms with Crippen LogP contribution in [0.25, 0.3) is 0 Å². The number of rotatable bonds is 5. The lowest BCUT2D eigenvalue weighted by Crippen LogP contribution is -2.34. The average molecular weight is 316 g/mol. The Labute approximate surface area is 135 Å². The number of nitrogens with one attached hydrogen (secondary N) is 1. The minimum atomic E-state index is -0.127. The van der Waals surface area contributed by atoms with Crippen molar-refractivity contribution in [2.75, 3.05) is 7.05 Å². The number of carbonyl (C=O) groups excluding carboxylic acids is 1. The third-order valence-corrected chi connectivity index (χ3v) is 2.79. The highest BCUT2D eigenvalue weighted by Crippen LogP contribution is 2.15. The van der Waals surface area contributed by atoms with Gasteiger partial charge in [0.05, 0.1) is 6.04 Å². The lowest BCUT2D eigenvalue weighted by molar-refractivity contribution is -0.118. The van der Waals surface area contributed by atoms with Crippen LogP contribution in [0.4, 0.5) is 0 Å². The van der Waals surface area contributed by atoms with Gasteiger partial charge in [-0.3, -0.25) is 4.79 Å². The molecule has 1 aromatic carbocycles. The molecule has 0 aliphatic carbocycles. The summed E-state index contributed by atoms with van der Waals surface area (Å²) in [4.78, 5) is 12.0. The van der Waals surface area contributed by atoms with Gasteiger partial charge in [-0.1, -0.05) is 53.7 Å². The van der Waals surface area contributed by atoms with E-state index < -0.39 is 0 Å². The van der Waals surface area contributed by atoms with Crippen LogP contribution in [0.5, 0.6) is 0 Å². The molecule has 1 rings (SSSR count). The normalized spacial score (nSPS) is 9.76. The number of ketones is 1. The van der Waals surface area contributed by atoms with Crippen LogP contribution in [-0.2, 0) is 11.2 Å². The first kappa shape index (κ1) is 25.1. The molecule has 0 aliphatic heterocycles. The van der Waals surface area contributed by atoms with Gasteiger partial charge in [0, 0.05) is 16.9 Å². The van der Waals surface area contributed by atoms with Gasteiger partial charge in [0.25, 0.3) is 0 Å². The highest BCUT2D eigenvalue weighted by molar-refractivity contribution is 7.93. The van der Waals surface area contributed by atoms with Crippen molar-refractivity contribution in [2.45, 2.75) is 65.8 Å². The summed E-state index contributed by atoms with van der Waals surface area (Å²) in [5, 5.41) is 2.97. The van der Waals surface area contributed by atoms with E-state index in [1.54, 1.807) is 14.0 Å². The summed E-state index contributed by atoms with van der Waals surface area (Å²) in [5.74, 6) is 0.137. The van der Waals surface area contributed by atoms with Crippen molar-refractivity contribution in [1.82, 2.24) is 5.32 Å². The van der Waals surface area contributed by atoms with Gasteiger partial charge in [0.2, 0.25) is 0 Å². The molecule has 1 atom stereocenters. The molecule has 0 saturated carbocycles. The number of benzene rings is 1. The second-order valence-corrected chi connectivity index (χ2v) is 4.05. The summed E-state index contributed by atoms with van der Waals surface area (Å²) >= 11 is 0.726. The van der Waals surface area contributed by atoms with Gasteiger partial charge in [0.1, 0.15) is 5.78 Å². The molecule has 3 nitrogen and oxygen atoms in total. The SMILES string of the molecule is CC.CC.CC.CNC(Cc1ccc(SO)cc1)C(C)=O. The minimum Gasteiger partial charge on any atom is -0.325 e. The predicted molar refractivity (Wildman–Crippen MR) is 96.2 cm³/mol. The van der Waals surface area contributed by atoms with Gasteiger partial charge in [-0.25, -0.2) is 0 Å². The number of Topliss-reactive ketones (excluding diaryl/α,β-unsaturated/α-hetero) is 1. The van der Waals surface area contributed by atoms with Crippen molar-refractivity contribution < 1.29 is 9.35 Å². The molecule has 124 valence electrons. The first-order chi connectivity index (χ1) is 10.2. The number of likely N-dealkylation sites (N-methyl/N-ethyl adjacent to an activating group) is 1. The van der Waals surface area contributed by atoms with Crippen molar-refractivity contribution in [2.24, 2.45) is 0 Å². The van der Waals surface area contributed by atoms with Gasteiger partial charge >= 0.3 is 0 Å². The summed E-state index contributed by atoms with van der Waals surface area (Å²) < 4.78 is 8.79. The Balaban J connectivity index is -0.000000478. The Morgan fingerprint density at radius 1 is 1.10 bits per heavy atom. The van der Waals surface area contributed by atoms with Crippen LogP contribution >= 0.6 is 12.0 Å². The molecule has 0 aromatic heterocycles. The molecule has 1 unspecified atom stereocenters. The quantitative estimate of drug-likeness (QED) is 0.747. The van der Waals surface area contributed by atoms with Crippen molar-refractivity contribution in [3.05, 3.63) is 29.8 Å². The van der Waals surface area contributed by atoms with Crippen LogP contribution in [0.3, 0.4) is 0 Å². The van der Waals surface area contributed by atoms with Crippen molar-refractivity contribution in [3.8, 4) is 0 Å². The van der Waals surface area contributed by atoms with Crippen LogP contribution in [0.2, 0.25) is 0 Å². The highest BCUT2D eigenvalue weighted by Gasteiger charge is 2.11. The minimum absolute atomic E-state index is 0.127. The maximum atomic E-state index is 11.2. The molecule has 2 N–H and O–H groups in total. The molecule has 0 amide bonds. The Morgan fingerprint density at radius 3 is 1.81 bits per heavy atom. The Bertz CT molecular complexity index is 326. The largest absolute Gasteiger partial charge is 0.325 e. The second kappa shape index (κ2) is 19.2. The number of hydrogen-bond acceptors (Lipinski definition) is 4. The Morgan fingerprint density at radius 2 is 1.52 bits per heavy atom. The van der Waals surface area contributed by atoms with E-state index in [1.165, 1.54) is 0 Å². The van der Waals surface area contributed by atoms with E-state index in [9.17, 15) is 4.79 Å². The van der Waals surface area contributed by atoms with E-state index in [4.69, 9.17) is 4.55 Å². The maximum absolute atomic E-state index is 11.2. The Hall–Kier alpha value is -0.840. The molecule has 0 spiro atoms. The lowest BCUT2D eigenvalue weighted by atomic mass is 10.0. The van der Waals surface area contributed by atoms with Crippen LogP contribution in [-0.4, -0.2) is 23.4 Å². The van der Waals surface area contributed by atoms with Gasteiger partial charge in [-0.15, -0.1) is 0 Å². The highest BCUT2D eigenvalue weighted by atomic mass is 32.2. The summed E-state index contributed by atoms with van der Waals surface area (Å²) in [6, 6.07) is 7.40. The van der Waals surface area contributed by atoms with Gasteiger partial charge in [-0.2, -0.15) is 0 Å². The van der Waals surface area contributed by atoms with E-state index in [1.807, 2.05) is 65.8 Å². The molecular weight excluding hydrogens is 282 g/mol. The molecule has 1 aromatic rings. The second-order valence-electron chi connectivity index (χ2n) is 3.39. The number of hydrogen-bond donors (Lipinski definition) is 2. The first-order valence-electron chi connectivity index (χ1n) is 7.75. The van der Waals surface area contributed by atoms with E-state index in [-0.39, 0.29) is 11.8 Å². The van der Waals surface area contributed by atoms with E-state index >= 15 is 0 Å². The zero-order valence-electron chi connectivity index (χ0n) is 14.9. The van der Waals surface area contributed by atoms with E-state index in [0.29, 0.717) is 6.42 Å². The molecule has 0 bridgehead atoms. The van der Waals surface area contributed by atoms with Gasteiger partial charge in [-0.05, 0) is 38.1 Å². The Kier molecular flexibility index (Phi) is 22.9. The third-order valence-electron chi connectivity index (χ3n) is 2.31. The number of carbonyl (C=O) groups is 1. The summed E-state index contributed by atoms with van der Waals surface area (Å²) in [5.41, 5.74) is 1.09. The first-order valence-corrected chi connectivity index (χ1v) is 8.52. The molecule has 21 heavy (non-hydrogen) atoms. The average Bonchev–Trinajstić information content (AvgIpc) is 2.58. The van der Waals surface area contributed by atoms with Crippen molar-refractivity contribution >= 4 is 17.8 Å². The molecule has 0 aliphatic rings. The standard InChI is InChI=1S/C11H15NO2S.3C2H6/c1-8(13)11(12-2)7-9-3-5-10(15-14)6-4-9;3*1-2/h3-6,11-12,14H,7H2,1-2H3;3*1-2H3. The van der Waals surface area contributed by atoms with Crippen molar-refractivity contribution in [3.63, 3.8) is 0 Å². The molecule has 0 radical (unpaired) electrons. The van der Waals surface area contributed by atoms with Gasteiger partial charge in [0.15, 0.2) is 0 Å². The molecular formula is C17H33NO2S. The smallest absolute Gasteiger partial charge is 0.147 e. The monoisotopic (exact) mass is 315 g/mol. The zero-order valence-corrected chi connectivity index (χ0v) is 15.7. The van der Waals surface area contributed by atoms with Crippen LogP contribution in [0, 0.1) is 0 Å². The van der Waals surface area contributed by atoms with Crippen LogP contribution < -0.4 is 5.32 Å². The third kappa shape index (κ3) is 12.6. The van der Waals surface area contributed by atoms with Crippen molar-refractivity contribution in [1.29, 1.82) is 0 Å². The maximum Gasteiger partial charge on any atom is 0.147 e. The topological polar surface area (TPSA) is 49.3 Å². The summed E-state index contributed by atoms with van der Waals surface area (Å²) in [6.45, 7) is 13.6.